The molecule has 1 aromatic carbocycles. The predicted molar refractivity (Wildman–Crippen MR) is 85.7 cm³/mol. The lowest BCUT2D eigenvalue weighted by atomic mass is 9.89. The Morgan fingerprint density at radius 3 is 2.71 bits per heavy atom. The summed E-state index contributed by atoms with van der Waals surface area (Å²) < 4.78 is 0. The second kappa shape index (κ2) is 7.04. The van der Waals surface area contributed by atoms with Crippen molar-refractivity contribution >= 4 is 0 Å². The monoisotopic (exact) mass is 286 g/mol. The number of nitriles is 1. The van der Waals surface area contributed by atoms with E-state index >= 15 is 0 Å². The summed E-state index contributed by atoms with van der Waals surface area (Å²) >= 11 is 0. The van der Waals surface area contributed by atoms with Gasteiger partial charge in [0.1, 0.15) is 5.54 Å². The Labute approximate surface area is 128 Å². The van der Waals surface area contributed by atoms with Crippen LogP contribution in [0.5, 0.6) is 0 Å². The van der Waals surface area contributed by atoms with Crippen molar-refractivity contribution in [2.24, 2.45) is 5.73 Å². The molecule has 114 valence electrons. The summed E-state index contributed by atoms with van der Waals surface area (Å²) in [7, 11) is 4.31. The van der Waals surface area contributed by atoms with E-state index in [1.54, 1.807) is 0 Å². The third-order valence-electron chi connectivity index (χ3n) is 4.57. The number of benzene rings is 1. The largest absolute Gasteiger partial charge is 0.310 e. The van der Waals surface area contributed by atoms with Crippen molar-refractivity contribution in [2.45, 2.75) is 30.8 Å². The van der Waals surface area contributed by atoms with E-state index < -0.39 is 5.54 Å². The van der Waals surface area contributed by atoms with Gasteiger partial charge in [0.2, 0.25) is 0 Å². The molecule has 1 aliphatic heterocycles. The average molecular weight is 286 g/mol. The van der Waals surface area contributed by atoms with Gasteiger partial charge in [-0.3, -0.25) is 0 Å². The fourth-order valence-electron chi connectivity index (χ4n) is 3.03. The van der Waals surface area contributed by atoms with Crippen molar-refractivity contribution in [1.29, 1.82) is 5.26 Å². The van der Waals surface area contributed by atoms with Crippen LogP contribution in [0, 0.1) is 11.3 Å². The van der Waals surface area contributed by atoms with Gasteiger partial charge in [-0.1, -0.05) is 30.3 Å². The van der Waals surface area contributed by atoms with Crippen molar-refractivity contribution in [1.82, 2.24) is 9.80 Å². The zero-order valence-corrected chi connectivity index (χ0v) is 13.1. The second-order valence-electron chi connectivity index (χ2n) is 6.24. The molecule has 0 aromatic heterocycles. The molecule has 2 rings (SSSR count). The highest BCUT2D eigenvalue weighted by molar-refractivity contribution is 5.30. The number of nitrogens with two attached hydrogens (primary N) is 1. The normalized spacial score (nSPS) is 22.1. The summed E-state index contributed by atoms with van der Waals surface area (Å²) in [6.45, 7) is 3.08. The zero-order valence-electron chi connectivity index (χ0n) is 13.1. The molecule has 0 radical (unpaired) electrons. The number of hydrogen-bond acceptors (Lipinski definition) is 4. The first-order valence-corrected chi connectivity index (χ1v) is 7.69. The Balaban J connectivity index is 1.90. The van der Waals surface area contributed by atoms with Crippen molar-refractivity contribution < 1.29 is 0 Å². The van der Waals surface area contributed by atoms with Crippen LogP contribution in [0.15, 0.2) is 30.3 Å². The van der Waals surface area contributed by atoms with E-state index in [0.717, 1.165) is 18.7 Å². The molecule has 0 saturated carbocycles. The Morgan fingerprint density at radius 2 is 2.14 bits per heavy atom. The highest BCUT2D eigenvalue weighted by Gasteiger charge is 2.28. The Morgan fingerprint density at radius 1 is 1.43 bits per heavy atom. The van der Waals surface area contributed by atoms with E-state index in [0.29, 0.717) is 12.5 Å². The molecule has 1 fully saturated rings. The molecule has 4 heteroatoms. The maximum absolute atomic E-state index is 9.48. The summed E-state index contributed by atoms with van der Waals surface area (Å²) in [5.74, 6) is 0. The number of likely N-dealkylation sites (N-methyl/N-ethyl adjacent to an activating group) is 2. The van der Waals surface area contributed by atoms with Crippen LogP contribution in [0.2, 0.25) is 0 Å². The van der Waals surface area contributed by atoms with Crippen LogP contribution < -0.4 is 5.73 Å². The summed E-state index contributed by atoms with van der Waals surface area (Å²) in [5.41, 5.74) is 6.31. The van der Waals surface area contributed by atoms with E-state index in [9.17, 15) is 5.26 Å². The zero-order chi connectivity index (χ0) is 15.3. The molecule has 21 heavy (non-hydrogen) atoms. The van der Waals surface area contributed by atoms with Crippen LogP contribution in [0.3, 0.4) is 0 Å². The number of likely N-dealkylation sites (tertiary alicyclic amines) is 1. The second-order valence-corrected chi connectivity index (χ2v) is 6.24. The van der Waals surface area contributed by atoms with Gasteiger partial charge in [0.25, 0.3) is 0 Å². The molecule has 0 bridgehead atoms. The summed E-state index contributed by atoms with van der Waals surface area (Å²) in [6.07, 6.45) is 3.21. The van der Waals surface area contributed by atoms with Gasteiger partial charge in [0.05, 0.1) is 6.07 Å². The first kappa shape index (κ1) is 16.0. The Kier molecular flexibility index (Phi) is 5.35. The van der Waals surface area contributed by atoms with Crippen LogP contribution in [-0.4, -0.2) is 49.6 Å². The van der Waals surface area contributed by atoms with Crippen LogP contribution in [-0.2, 0) is 5.54 Å². The SMILES string of the molecule is CN(CCC(N)(C#N)c1ccccc1)CC1CCCN1C. The van der Waals surface area contributed by atoms with Gasteiger partial charge in [-0.25, -0.2) is 0 Å². The molecular weight excluding hydrogens is 260 g/mol. The lowest BCUT2D eigenvalue weighted by molar-refractivity contribution is 0.211. The van der Waals surface area contributed by atoms with Gasteiger partial charge >= 0.3 is 0 Å². The average Bonchev–Trinajstić information content (AvgIpc) is 2.91. The third kappa shape index (κ3) is 4.04. The van der Waals surface area contributed by atoms with Gasteiger partial charge in [-0.2, -0.15) is 5.26 Å². The van der Waals surface area contributed by atoms with Gasteiger partial charge in [-0.15, -0.1) is 0 Å². The van der Waals surface area contributed by atoms with Gasteiger partial charge < -0.3 is 15.5 Å². The first-order chi connectivity index (χ1) is 10.0. The van der Waals surface area contributed by atoms with Crippen LogP contribution in [0.1, 0.15) is 24.8 Å². The van der Waals surface area contributed by atoms with Crippen molar-refractivity contribution in [2.75, 3.05) is 33.7 Å². The smallest absolute Gasteiger partial charge is 0.131 e. The van der Waals surface area contributed by atoms with Crippen LogP contribution in [0.4, 0.5) is 0 Å². The van der Waals surface area contributed by atoms with Crippen molar-refractivity contribution in [3.8, 4) is 6.07 Å². The molecule has 0 amide bonds. The molecule has 1 aliphatic rings. The summed E-state index contributed by atoms with van der Waals surface area (Å²) in [5, 5.41) is 9.48. The van der Waals surface area contributed by atoms with E-state index in [-0.39, 0.29) is 0 Å². The fraction of sp³-hybridized carbons (Fsp3) is 0.588. The van der Waals surface area contributed by atoms with E-state index in [1.165, 1.54) is 19.4 Å². The molecule has 2 N–H and O–H groups in total. The predicted octanol–water partition coefficient (Wildman–Crippen LogP) is 1.78. The van der Waals surface area contributed by atoms with Crippen molar-refractivity contribution in [3.63, 3.8) is 0 Å². The number of hydrogen-bond donors (Lipinski definition) is 1. The maximum Gasteiger partial charge on any atom is 0.131 e. The van der Waals surface area contributed by atoms with Gasteiger partial charge in [0.15, 0.2) is 0 Å². The lowest BCUT2D eigenvalue weighted by Crippen LogP contribution is -2.41. The molecule has 0 spiro atoms. The van der Waals surface area contributed by atoms with Crippen LogP contribution >= 0.6 is 0 Å². The quantitative estimate of drug-likeness (QED) is 0.866. The minimum Gasteiger partial charge on any atom is -0.310 e. The molecule has 1 heterocycles. The van der Waals surface area contributed by atoms with Crippen LogP contribution in [0.25, 0.3) is 0 Å². The Bertz CT molecular complexity index is 481. The van der Waals surface area contributed by atoms with E-state index in [4.69, 9.17) is 5.73 Å². The molecule has 2 unspecified atom stereocenters. The van der Waals surface area contributed by atoms with E-state index in [2.05, 4.69) is 30.0 Å². The van der Waals surface area contributed by atoms with Gasteiger partial charge in [0, 0.05) is 19.1 Å². The van der Waals surface area contributed by atoms with Crippen molar-refractivity contribution in [3.05, 3.63) is 35.9 Å². The lowest BCUT2D eigenvalue weighted by Gasteiger charge is -2.29. The minimum atomic E-state index is -0.892. The number of rotatable bonds is 6. The summed E-state index contributed by atoms with van der Waals surface area (Å²) in [4.78, 5) is 4.72. The molecule has 2 atom stereocenters. The van der Waals surface area contributed by atoms with Gasteiger partial charge in [-0.05, 0) is 45.5 Å². The molecule has 4 nitrogen and oxygen atoms in total. The molecular formula is C17H26N4. The third-order valence-corrected chi connectivity index (χ3v) is 4.57. The molecule has 0 aliphatic carbocycles. The number of nitrogens with zero attached hydrogens (tertiary/aromatic N) is 3. The first-order valence-electron chi connectivity index (χ1n) is 7.69. The Hall–Kier alpha value is -1.41. The topological polar surface area (TPSA) is 56.3 Å². The minimum absolute atomic E-state index is 0.640. The highest BCUT2D eigenvalue weighted by atomic mass is 15.2. The maximum atomic E-state index is 9.48. The van der Waals surface area contributed by atoms with E-state index in [1.807, 2.05) is 30.3 Å². The fourth-order valence-corrected chi connectivity index (χ4v) is 3.03. The molecule has 1 aromatic rings. The highest BCUT2D eigenvalue weighted by Crippen LogP contribution is 2.22. The molecule has 1 saturated heterocycles. The summed E-state index contributed by atoms with van der Waals surface area (Å²) in [6, 6.07) is 12.6. The standard InChI is InChI=1S/C17H26N4/c1-20(13-16-9-6-11-21(16)2)12-10-17(19,14-18)15-7-4-3-5-8-15/h3-5,7-8,16H,6,9-13,19H2,1-2H3.